The van der Waals surface area contributed by atoms with Crippen molar-refractivity contribution in [2.75, 3.05) is 26.3 Å². The maximum Gasteiger partial charge on any atom is 0.128 e. The third-order valence-electron chi connectivity index (χ3n) is 3.77. The molecule has 0 aliphatic carbocycles. The zero-order chi connectivity index (χ0) is 13.7. The van der Waals surface area contributed by atoms with Crippen molar-refractivity contribution in [1.29, 1.82) is 0 Å². The molecule has 3 nitrogen and oxygen atoms in total. The van der Waals surface area contributed by atoms with E-state index in [2.05, 4.69) is 11.8 Å². The minimum absolute atomic E-state index is 0.330. The smallest absolute Gasteiger partial charge is 0.128 e. The first-order chi connectivity index (χ1) is 9.22. The zero-order valence-corrected chi connectivity index (χ0v) is 11.4. The highest BCUT2D eigenvalue weighted by Gasteiger charge is 2.22. The van der Waals surface area contributed by atoms with Crippen LogP contribution >= 0.6 is 0 Å². The number of rotatable bonds is 5. The quantitative estimate of drug-likeness (QED) is 0.889. The second-order valence-corrected chi connectivity index (χ2v) is 5.00. The van der Waals surface area contributed by atoms with Crippen LogP contribution in [-0.2, 0) is 4.74 Å². The van der Waals surface area contributed by atoms with Gasteiger partial charge in [-0.2, -0.15) is 0 Å². The molecule has 1 saturated heterocycles. The van der Waals surface area contributed by atoms with Crippen molar-refractivity contribution in [3.05, 3.63) is 35.6 Å². The Labute approximate surface area is 114 Å². The average Bonchev–Trinajstić information content (AvgIpc) is 2.45. The summed E-state index contributed by atoms with van der Waals surface area (Å²) >= 11 is 0. The Bertz CT molecular complexity index is 399. The van der Waals surface area contributed by atoms with Gasteiger partial charge in [0.1, 0.15) is 5.82 Å². The largest absolute Gasteiger partial charge is 0.388 e. The highest BCUT2D eigenvalue weighted by atomic mass is 19.1. The Morgan fingerprint density at radius 1 is 1.47 bits per heavy atom. The molecule has 4 heteroatoms. The van der Waals surface area contributed by atoms with Gasteiger partial charge in [0.05, 0.1) is 19.3 Å². The van der Waals surface area contributed by atoms with Crippen molar-refractivity contribution < 1.29 is 14.2 Å². The van der Waals surface area contributed by atoms with Crippen molar-refractivity contribution in [1.82, 2.24) is 4.90 Å². The van der Waals surface area contributed by atoms with Crippen LogP contribution in [-0.4, -0.2) is 42.4 Å². The van der Waals surface area contributed by atoms with Gasteiger partial charge in [-0.1, -0.05) is 25.1 Å². The molecule has 0 spiro atoms. The van der Waals surface area contributed by atoms with E-state index in [9.17, 15) is 9.50 Å². The maximum absolute atomic E-state index is 13.6. The normalized spacial score (nSPS) is 22.4. The molecule has 1 N–H and O–H groups in total. The number of aliphatic hydroxyl groups is 1. The third-order valence-corrected chi connectivity index (χ3v) is 3.77. The van der Waals surface area contributed by atoms with Gasteiger partial charge in [0.15, 0.2) is 0 Å². The van der Waals surface area contributed by atoms with Crippen LogP contribution in [0, 0.1) is 5.82 Å². The number of hydrogen-bond acceptors (Lipinski definition) is 3. The Balaban J connectivity index is 1.89. The first-order valence-electron chi connectivity index (χ1n) is 6.96. The topological polar surface area (TPSA) is 32.7 Å². The molecular weight excluding hydrogens is 245 g/mol. The van der Waals surface area contributed by atoms with E-state index in [4.69, 9.17) is 4.74 Å². The average molecular weight is 267 g/mol. The maximum atomic E-state index is 13.6. The monoisotopic (exact) mass is 267 g/mol. The summed E-state index contributed by atoms with van der Waals surface area (Å²) in [5.74, 6) is -0.330. The lowest BCUT2D eigenvalue weighted by atomic mass is 10.0. The van der Waals surface area contributed by atoms with Gasteiger partial charge in [-0.3, -0.25) is 4.90 Å². The molecule has 1 aliphatic heterocycles. The van der Waals surface area contributed by atoms with Gasteiger partial charge in [0, 0.05) is 24.7 Å². The summed E-state index contributed by atoms with van der Waals surface area (Å²) in [6.07, 6.45) is 0.856. The highest BCUT2D eigenvalue weighted by Crippen LogP contribution is 2.21. The first-order valence-corrected chi connectivity index (χ1v) is 6.96. The van der Waals surface area contributed by atoms with Crippen LogP contribution in [0.2, 0.25) is 0 Å². The van der Waals surface area contributed by atoms with Gasteiger partial charge in [-0.05, 0) is 18.9 Å². The van der Waals surface area contributed by atoms with Gasteiger partial charge in [-0.15, -0.1) is 0 Å². The van der Waals surface area contributed by atoms with Gasteiger partial charge in [-0.25, -0.2) is 4.39 Å². The molecule has 2 rings (SSSR count). The van der Waals surface area contributed by atoms with E-state index in [1.165, 1.54) is 6.07 Å². The van der Waals surface area contributed by atoms with Crippen LogP contribution in [0.1, 0.15) is 31.4 Å². The lowest BCUT2D eigenvalue weighted by molar-refractivity contribution is -0.0145. The fourth-order valence-corrected chi connectivity index (χ4v) is 2.55. The summed E-state index contributed by atoms with van der Waals surface area (Å²) in [4.78, 5) is 2.33. The van der Waals surface area contributed by atoms with Crippen LogP contribution in [0.4, 0.5) is 4.39 Å². The Kier molecular flexibility index (Phi) is 5.31. The fraction of sp³-hybridized carbons (Fsp3) is 0.600. The minimum Gasteiger partial charge on any atom is -0.388 e. The standard InChI is InChI=1S/C15H22FNO2/c1-2-12-11-19-10-9-17(12)8-7-15(18)13-5-3-4-6-14(13)16/h3-6,12,15,18H,2,7-11H2,1H3. The van der Waals surface area contributed by atoms with E-state index in [-0.39, 0.29) is 5.82 Å². The van der Waals surface area contributed by atoms with E-state index >= 15 is 0 Å². The summed E-state index contributed by atoms with van der Waals surface area (Å²) in [5, 5.41) is 10.1. The molecule has 2 atom stereocenters. The minimum atomic E-state index is -0.735. The molecule has 1 aliphatic rings. The number of aliphatic hydroxyl groups excluding tert-OH is 1. The third kappa shape index (κ3) is 3.75. The van der Waals surface area contributed by atoms with Crippen molar-refractivity contribution in [2.24, 2.45) is 0 Å². The van der Waals surface area contributed by atoms with Gasteiger partial charge < -0.3 is 9.84 Å². The number of morpholine rings is 1. The number of hydrogen-bond donors (Lipinski definition) is 1. The molecule has 1 aromatic rings. The van der Waals surface area contributed by atoms with Crippen LogP contribution in [0.25, 0.3) is 0 Å². The Morgan fingerprint density at radius 2 is 2.26 bits per heavy atom. The van der Waals surface area contributed by atoms with E-state index in [0.29, 0.717) is 18.0 Å². The number of ether oxygens (including phenoxy) is 1. The predicted octanol–water partition coefficient (Wildman–Crippen LogP) is 2.36. The summed E-state index contributed by atoms with van der Waals surface area (Å²) in [5.41, 5.74) is 0.392. The summed E-state index contributed by atoms with van der Waals surface area (Å²) in [7, 11) is 0. The zero-order valence-electron chi connectivity index (χ0n) is 11.4. The summed E-state index contributed by atoms with van der Waals surface area (Å²) < 4.78 is 19.0. The molecular formula is C15H22FNO2. The van der Waals surface area contributed by atoms with E-state index in [0.717, 1.165) is 32.7 Å². The van der Waals surface area contributed by atoms with Crippen molar-refractivity contribution in [3.8, 4) is 0 Å². The van der Waals surface area contributed by atoms with Crippen LogP contribution < -0.4 is 0 Å². The molecule has 19 heavy (non-hydrogen) atoms. The molecule has 2 unspecified atom stereocenters. The highest BCUT2D eigenvalue weighted by molar-refractivity contribution is 5.19. The van der Waals surface area contributed by atoms with E-state index in [1.54, 1.807) is 18.2 Å². The van der Waals surface area contributed by atoms with E-state index in [1.807, 2.05) is 0 Å². The van der Waals surface area contributed by atoms with Crippen LogP contribution in [0.3, 0.4) is 0 Å². The lowest BCUT2D eigenvalue weighted by Crippen LogP contribution is -2.45. The number of benzene rings is 1. The number of halogens is 1. The molecule has 1 heterocycles. The lowest BCUT2D eigenvalue weighted by Gasteiger charge is -2.35. The summed E-state index contributed by atoms with van der Waals surface area (Å²) in [6, 6.07) is 6.85. The Hall–Kier alpha value is -0.970. The predicted molar refractivity (Wildman–Crippen MR) is 72.4 cm³/mol. The van der Waals surface area contributed by atoms with Gasteiger partial charge in [0.2, 0.25) is 0 Å². The summed E-state index contributed by atoms with van der Waals surface area (Å²) in [6.45, 7) is 5.30. The second-order valence-electron chi connectivity index (χ2n) is 5.00. The molecule has 0 aromatic heterocycles. The first kappa shape index (κ1) is 14.4. The van der Waals surface area contributed by atoms with Crippen LogP contribution in [0.5, 0.6) is 0 Å². The molecule has 0 amide bonds. The van der Waals surface area contributed by atoms with Crippen molar-refractivity contribution >= 4 is 0 Å². The van der Waals surface area contributed by atoms with Gasteiger partial charge in [0.25, 0.3) is 0 Å². The molecule has 0 radical (unpaired) electrons. The van der Waals surface area contributed by atoms with Crippen LogP contribution in [0.15, 0.2) is 24.3 Å². The van der Waals surface area contributed by atoms with Gasteiger partial charge >= 0.3 is 0 Å². The fourth-order valence-electron chi connectivity index (χ4n) is 2.55. The molecule has 1 fully saturated rings. The van der Waals surface area contributed by atoms with E-state index < -0.39 is 6.10 Å². The SMILES string of the molecule is CCC1COCCN1CCC(O)c1ccccc1F. The molecule has 0 saturated carbocycles. The number of nitrogens with zero attached hydrogens (tertiary/aromatic N) is 1. The second kappa shape index (κ2) is 6.98. The molecule has 0 bridgehead atoms. The molecule has 1 aromatic carbocycles. The van der Waals surface area contributed by atoms with Crippen molar-refractivity contribution in [3.63, 3.8) is 0 Å². The molecule has 106 valence electrons. The Morgan fingerprint density at radius 3 is 3.00 bits per heavy atom. The van der Waals surface area contributed by atoms with Crippen molar-refractivity contribution in [2.45, 2.75) is 31.9 Å².